The Morgan fingerprint density at radius 3 is 2.83 bits per heavy atom. The van der Waals surface area contributed by atoms with E-state index in [0.717, 1.165) is 18.7 Å². The summed E-state index contributed by atoms with van der Waals surface area (Å²) in [5, 5.41) is 3.28. The van der Waals surface area contributed by atoms with E-state index in [1.165, 1.54) is 0 Å². The number of nitrogens with zero attached hydrogens (tertiary/aromatic N) is 1. The number of ether oxygens (including phenoxy) is 1. The van der Waals surface area contributed by atoms with Crippen LogP contribution in [-0.4, -0.2) is 27.4 Å². The Hall–Kier alpha value is -2.22. The molecule has 4 N–H and O–H groups in total. The molecule has 8 heteroatoms. The van der Waals surface area contributed by atoms with Gasteiger partial charge in [-0.15, -0.1) is 4.40 Å². The number of anilines is 1. The van der Waals surface area contributed by atoms with Crippen LogP contribution in [0.15, 0.2) is 34.9 Å². The zero-order valence-electron chi connectivity index (χ0n) is 14.2. The zero-order chi connectivity index (χ0) is 18.0. The van der Waals surface area contributed by atoms with Crippen molar-refractivity contribution in [2.24, 2.45) is 15.5 Å². The van der Waals surface area contributed by atoms with Crippen LogP contribution in [0.25, 0.3) is 0 Å². The molecular weight excluding hydrogens is 328 g/mol. The average molecular weight is 352 g/mol. The van der Waals surface area contributed by atoms with Crippen LogP contribution in [0.4, 0.5) is 5.69 Å². The second-order valence-electron chi connectivity index (χ2n) is 6.31. The quantitative estimate of drug-likeness (QED) is 0.696. The first kappa shape index (κ1) is 18.1. The van der Waals surface area contributed by atoms with Crippen LogP contribution in [0.5, 0.6) is 5.75 Å². The number of amidine groups is 1. The molecule has 1 aliphatic rings. The van der Waals surface area contributed by atoms with Gasteiger partial charge in [0.25, 0.3) is 0 Å². The summed E-state index contributed by atoms with van der Waals surface area (Å²) < 4.78 is 34.9. The second kappa shape index (κ2) is 6.72. The summed E-state index contributed by atoms with van der Waals surface area (Å²) in [5.41, 5.74) is 7.20. The number of fused-ring (bicyclic) bond motifs is 1. The molecule has 0 amide bonds. The minimum absolute atomic E-state index is 0.0832. The van der Waals surface area contributed by atoms with Crippen LogP contribution in [-0.2, 0) is 10.2 Å². The molecule has 1 aromatic carbocycles. The Kier molecular flexibility index (Phi) is 5.08. The lowest BCUT2D eigenvalue weighted by atomic mass is 9.91. The van der Waals surface area contributed by atoms with Gasteiger partial charge in [-0.05, 0) is 18.6 Å². The Morgan fingerprint density at radius 2 is 2.17 bits per heavy atom. The number of hydrogen-bond donors (Lipinski definition) is 3. The molecule has 0 aromatic heterocycles. The molecule has 1 aliphatic heterocycles. The third-order valence-corrected chi connectivity index (χ3v) is 4.65. The maximum absolute atomic E-state index is 11.6. The highest BCUT2D eigenvalue weighted by molar-refractivity contribution is 7.91. The molecule has 0 atom stereocenters. The number of rotatable bonds is 7. The topological polar surface area (TPSA) is 106 Å². The zero-order valence-corrected chi connectivity index (χ0v) is 15.0. The molecule has 1 heterocycles. The fraction of sp³-hybridized carbons (Fsp3) is 0.438. The first-order chi connectivity index (χ1) is 11.2. The van der Waals surface area contributed by atoms with Gasteiger partial charge in [0.2, 0.25) is 0 Å². The third kappa shape index (κ3) is 4.00. The van der Waals surface area contributed by atoms with Gasteiger partial charge in [0.15, 0.2) is 5.84 Å². The van der Waals surface area contributed by atoms with Gasteiger partial charge in [-0.3, -0.25) is 4.72 Å². The molecule has 0 saturated carbocycles. The van der Waals surface area contributed by atoms with E-state index in [-0.39, 0.29) is 11.3 Å². The number of nitrogens with one attached hydrogen (secondary N) is 2. The van der Waals surface area contributed by atoms with E-state index in [9.17, 15) is 8.42 Å². The van der Waals surface area contributed by atoms with Crippen molar-refractivity contribution in [3.63, 3.8) is 0 Å². The van der Waals surface area contributed by atoms with Gasteiger partial charge in [0.1, 0.15) is 5.75 Å². The summed E-state index contributed by atoms with van der Waals surface area (Å²) >= 11 is 0. The summed E-state index contributed by atoms with van der Waals surface area (Å²) in [7, 11) is -3.80. The van der Waals surface area contributed by atoms with Crippen LogP contribution >= 0.6 is 0 Å². The molecule has 0 aliphatic carbocycles. The van der Waals surface area contributed by atoms with E-state index < -0.39 is 10.2 Å². The molecule has 24 heavy (non-hydrogen) atoms. The van der Waals surface area contributed by atoms with Crippen molar-refractivity contribution in [2.75, 3.05) is 17.9 Å². The Labute approximate surface area is 143 Å². The van der Waals surface area contributed by atoms with Crippen LogP contribution in [0.2, 0.25) is 0 Å². The van der Waals surface area contributed by atoms with Crippen molar-refractivity contribution in [1.29, 1.82) is 0 Å². The highest BCUT2D eigenvalue weighted by Gasteiger charge is 2.27. The molecule has 1 aromatic rings. The molecule has 0 spiro atoms. The summed E-state index contributed by atoms with van der Waals surface area (Å²) in [4.78, 5) is 0. The van der Waals surface area contributed by atoms with Crippen molar-refractivity contribution in [1.82, 2.24) is 5.32 Å². The SMILES string of the molecule is C=C(NCCC)C(C)(C)COc1cccc2c1C(N)=NS(=O)(=O)N2. The standard InChI is InChI=1S/C16H24N4O3S/c1-5-9-18-11(2)16(3,4)10-23-13-8-6-7-12-14(13)15(17)20-24(21,22)19-12/h6-8,18-19H,2,5,9-10H2,1,3-4H3,(H2,17,20). The van der Waals surface area contributed by atoms with E-state index >= 15 is 0 Å². The fourth-order valence-corrected chi connectivity index (χ4v) is 3.04. The predicted molar refractivity (Wildman–Crippen MR) is 96.4 cm³/mol. The number of benzene rings is 1. The number of nitrogens with two attached hydrogens (primary N) is 1. The maximum Gasteiger partial charge on any atom is 0.344 e. The molecule has 7 nitrogen and oxygen atoms in total. The number of hydrogen-bond acceptors (Lipinski definition) is 5. The minimum atomic E-state index is -3.80. The second-order valence-corrected chi connectivity index (χ2v) is 7.65. The Bertz CT molecular complexity index is 770. The molecule has 0 fully saturated rings. The fourth-order valence-electron chi connectivity index (χ4n) is 2.20. The van der Waals surface area contributed by atoms with Gasteiger partial charge in [0, 0.05) is 17.7 Å². The van der Waals surface area contributed by atoms with E-state index in [4.69, 9.17) is 10.5 Å². The molecule has 0 bridgehead atoms. The lowest BCUT2D eigenvalue weighted by Crippen LogP contribution is -2.32. The summed E-state index contributed by atoms with van der Waals surface area (Å²) in [6.45, 7) is 11.4. The van der Waals surface area contributed by atoms with Gasteiger partial charge >= 0.3 is 10.2 Å². The first-order valence-corrected chi connectivity index (χ1v) is 9.18. The monoisotopic (exact) mass is 352 g/mol. The third-order valence-electron chi connectivity index (χ3n) is 3.73. The predicted octanol–water partition coefficient (Wildman–Crippen LogP) is 1.98. The minimum Gasteiger partial charge on any atom is -0.492 e. The van der Waals surface area contributed by atoms with E-state index in [0.29, 0.717) is 23.6 Å². The Morgan fingerprint density at radius 1 is 1.46 bits per heavy atom. The summed E-state index contributed by atoms with van der Waals surface area (Å²) in [6.07, 6.45) is 1.01. The summed E-state index contributed by atoms with van der Waals surface area (Å²) in [5.74, 6) is 0.396. The van der Waals surface area contributed by atoms with Crippen LogP contribution in [0.3, 0.4) is 0 Å². The normalized spacial score (nSPS) is 15.7. The highest BCUT2D eigenvalue weighted by atomic mass is 32.2. The van der Waals surface area contributed by atoms with Gasteiger partial charge in [-0.25, -0.2) is 0 Å². The van der Waals surface area contributed by atoms with E-state index in [1.54, 1.807) is 18.2 Å². The molecule has 0 radical (unpaired) electrons. The van der Waals surface area contributed by atoms with Gasteiger partial charge in [0.05, 0.1) is 17.9 Å². The van der Waals surface area contributed by atoms with Crippen LogP contribution in [0, 0.1) is 5.41 Å². The molecule has 0 saturated heterocycles. The Balaban J connectivity index is 2.19. The largest absolute Gasteiger partial charge is 0.492 e. The highest BCUT2D eigenvalue weighted by Crippen LogP contribution is 2.32. The van der Waals surface area contributed by atoms with Crippen molar-refractivity contribution >= 4 is 21.7 Å². The van der Waals surface area contributed by atoms with Gasteiger partial charge < -0.3 is 15.8 Å². The molecular formula is C16H24N4O3S. The van der Waals surface area contributed by atoms with Gasteiger partial charge in [-0.1, -0.05) is 33.4 Å². The lowest BCUT2D eigenvalue weighted by Gasteiger charge is -2.29. The van der Waals surface area contributed by atoms with E-state index in [1.807, 2.05) is 13.8 Å². The van der Waals surface area contributed by atoms with Crippen molar-refractivity contribution in [3.8, 4) is 5.75 Å². The lowest BCUT2D eigenvalue weighted by molar-refractivity contribution is 0.204. The van der Waals surface area contributed by atoms with Crippen molar-refractivity contribution in [3.05, 3.63) is 36.0 Å². The van der Waals surface area contributed by atoms with Gasteiger partial charge in [-0.2, -0.15) is 8.42 Å². The smallest absolute Gasteiger partial charge is 0.344 e. The summed E-state index contributed by atoms with van der Waals surface area (Å²) in [6, 6.07) is 5.06. The average Bonchev–Trinajstić information content (AvgIpc) is 2.48. The first-order valence-electron chi connectivity index (χ1n) is 7.74. The van der Waals surface area contributed by atoms with Crippen LogP contribution in [0.1, 0.15) is 32.8 Å². The van der Waals surface area contributed by atoms with Crippen molar-refractivity contribution in [2.45, 2.75) is 27.2 Å². The van der Waals surface area contributed by atoms with Crippen LogP contribution < -0.4 is 20.5 Å². The molecule has 132 valence electrons. The van der Waals surface area contributed by atoms with Crippen molar-refractivity contribution < 1.29 is 13.2 Å². The maximum atomic E-state index is 11.6. The molecule has 2 rings (SSSR count). The molecule has 0 unspecified atom stereocenters. The van der Waals surface area contributed by atoms with E-state index in [2.05, 4.69) is 27.9 Å².